The number of furan rings is 1. The first-order chi connectivity index (χ1) is 33.5. The number of nitrogens with one attached hydrogen (secondary N) is 3. The van der Waals surface area contributed by atoms with Gasteiger partial charge in [0.1, 0.15) is 30.8 Å². The summed E-state index contributed by atoms with van der Waals surface area (Å²) in [5, 5.41) is 9.16. The molecule has 0 aliphatic carbocycles. The molecule has 0 bridgehead atoms. The largest absolute Gasteiger partial charge is 0.493 e. The van der Waals surface area contributed by atoms with Crippen LogP contribution in [0.25, 0.3) is 11.3 Å². The number of amides is 4. The number of ether oxygens (including phenoxy) is 4. The lowest BCUT2D eigenvalue weighted by atomic mass is 9.90. The summed E-state index contributed by atoms with van der Waals surface area (Å²) in [6.07, 6.45) is 3.52. The molecule has 5 aromatic rings. The molecule has 17 nitrogen and oxygen atoms in total. The maximum atomic E-state index is 13.8. The van der Waals surface area contributed by atoms with E-state index >= 15 is 0 Å². The van der Waals surface area contributed by atoms with E-state index in [-0.39, 0.29) is 60.8 Å². The quantitative estimate of drug-likeness (QED) is 0.0148. The van der Waals surface area contributed by atoms with Crippen LogP contribution in [0.5, 0.6) is 5.75 Å². The first kappa shape index (κ1) is 52.2. The van der Waals surface area contributed by atoms with Crippen molar-refractivity contribution in [2.45, 2.75) is 84.6 Å². The molecule has 0 spiro atoms. The summed E-state index contributed by atoms with van der Waals surface area (Å²) in [7, 11) is 0. The molecule has 1 unspecified atom stereocenters. The van der Waals surface area contributed by atoms with Gasteiger partial charge in [-0.1, -0.05) is 118 Å². The van der Waals surface area contributed by atoms with Crippen LogP contribution in [-0.2, 0) is 51.4 Å². The molecule has 1 heterocycles. The molecular formula is C52H58N4O13. The Morgan fingerprint density at radius 2 is 1.41 bits per heavy atom. The van der Waals surface area contributed by atoms with Gasteiger partial charge in [0.05, 0.1) is 42.8 Å². The van der Waals surface area contributed by atoms with Gasteiger partial charge in [0, 0.05) is 5.56 Å². The predicted octanol–water partition coefficient (Wildman–Crippen LogP) is 7.30. The van der Waals surface area contributed by atoms with Gasteiger partial charge in [-0.2, -0.15) is 0 Å². The van der Waals surface area contributed by atoms with Crippen molar-refractivity contribution in [3.05, 3.63) is 149 Å². The number of carbonyl (C=O) groups excluding carboxylic acids is 7. The third-order valence-corrected chi connectivity index (χ3v) is 10.7. The lowest BCUT2D eigenvalue weighted by molar-refractivity contribution is -0.200. The van der Waals surface area contributed by atoms with E-state index in [1.807, 2.05) is 43.3 Å². The van der Waals surface area contributed by atoms with Crippen molar-refractivity contribution in [3.63, 3.8) is 0 Å². The van der Waals surface area contributed by atoms with Crippen LogP contribution in [-0.4, -0.2) is 79.3 Å². The highest BCUT2D eigenvalue weighted by molar-refractivity contribution is 6.00. The van der Waals surface area contributed by atoms with Gasteiger partial charge in [0.15, 0.2) is 5.76 Å². The van der Waals surface area contributed by atoms with Crippen molar-refractivity contribution in [3.8, 4) is 17.1 Å². The molecule has 0 radical (unpaired) electrons. The smallest absolute Gasteiger partial charge is 0.340 e. The fourth-order valence-electron chi connectivity index (χ4n) is 7.16. The Kier molecular flexibility index (Phi) is 21.0. The standard InChI is InChI=1S/C52H58N4O13/c1-4-7-11-24-40(43(5-2)56(34-57)68-32-37-20-14-9-15-21-37)48(59)53-33-54-50(61)45-28-27-44(69-45)39-25-26-41(46(29-39)64-6-3)49(60)55-42(30-47(58)65-31-36-18-12-8-13-19-36)52(63)67-35-66-51(62)38-22-16-10-17-23-38/h8-10,12-23,25-29,34,40,42-43H,4-7,11,24,30-33,35H2,1-3H3,(H,53,59)(H,54,61)(H,55,60)/t40?,42-,43+/m0/s1. The Labute approximate surface area is 400 Å². The average Bonchev–Trinajstić information content (AvgIpc) is 3.88. The van der Waals surface area contributed by atoms with E-state index in [1.54, 1.807) is 55.5 Å². The number of rotatable bonds is 28. The van der Waals surface area contributed by atoms with Gasteiger partial charge in [0.25, 0.3) is 11.8 Å². The van der Waals surface area contributed by atoms with Crippen LogP contribution in [0, 0.1) is 5.92 Å². The number of hydrogen-bond donors (Lipinski definition) is 3. The minimum absolute atomic E-state index is 0.0100. The molecule has 1 aromatic heterocycles. The molecule has 4 amide bonds. The molecule has 0 saturated carbocycles. The highest BCUT2D eigenvalue weighted by Crippen LogP contribution is 2.30. The second kappa shape index (κ2) is 27.8. The number of nitrogens with zero attached hydrogens (tertiary/aromatic N) is 1. The Morgan fingerprint density at radius 1 is 0.725 bits per heavy atom. The third-order valence-electron chi connectivity index (χ3n) is 10.7. The Bertz CT molecular complexity index is 2450. The molecule has 69 heavy (non-hydrogen) atoms. The van der Waals surface area contributed by atoms with Crippen LogP contribution < -0.4 is 20.7 Å². The summed E-state index contributed by atoms with van der Waals surface area (Å²) in [6, 6.07) is 31.6. The van der Waals surface area contributed by atoms with E-state index in [0.717, 1.165) is 24.8 Å². The molecule has 3 atom stereocenters. The summed E-state index contributed by atoms with van der Waals surface area (Å²) < 4.78 is 27.3. The van der Waals surface area contributed by atoms with Gasteiger partial charge < -0.3 is 39.3 Å². The molecular weight excluding hydrogens is 889 g/mol. The summed E-state index contributed by atoms with van der Waals surface area (Å²) >= 11 is 0. The Hall–Kier alpha value is -7.79. The molecule has 0 aliphatic rings. The van der Waals surface area contributed by atoms with Crippen molar-refractivity contribution in [1.29, 1.82) is 0 Å². The number of unbranched alkanes of at least 4 members (excludes halogenated alkanes) is 2. The second-order valence-corrected chi connectivity index (χ2v) is 15.6. The topological polar surface area (TPSA) is 218 Å². The van der Waals surface area contributed by atoms with Crippen LogP contribution in [0.1, 0.15) is 102 Å². The van der Waals surface area contributed by atoms with E-state index < -0.39 is 60.9 Å². The van der Waals surface area contributed by atoms with Crippen LogP contribution in [0.3, 0.4) is 0 Å². The highest BCUT2D eigenvalue weighted by Gasteiger charge is 2.32. The minimum atomic E-state index is -1.56. The summed E-state index contributed by atoms with van der Waals surface area (Å²) in [4.78, 5) is 97.4. The maximum absolute atomic E-state index is 13.8. The number of hydroxylamine groups is 2. The van der Waals surface area contributed by atoms with Gasteiger partial charge in [-0.3, -0.25) is 28.8 Å². The zero-order valence-electron chi connectivity index (χ0n) is 38.9. The van der Waals surface area contributed by atoms with Crippen molar-refractivity contribution in [2.75, 3.05) is 20.1 Å². The molecule has 0 saturated heterocycles. The molecule has 4 aromatic carbocycles. The van der Waals surface area contributed by atoms with Crippen LogP contribution in [0.2, 0.25) is 0 Å². The SMILES string of the molecule is CCCCCC(C(=O)NCNC(=O)c1ccc(-c2ccc(C(=O)N[C@@H](CC(=O)OCc3ccccc3)C(=O)OCOC(=O)c3ccccc3)c(OCC)c2)o1)[C@@H](CC)N(C=O)OCc1ccccc1. The Balaban J connectivity index is 1.22. The average molecular weight is 947 g/mol. The zero-order chi connectivity index (χ0) is 49.4. The molecule has 364 valence electrons. The molecule has 0 fully saturated rings. The van der Waals surface area contributed by atoms with E-state index in [1.165, 1.54) is 41.5 Å². The normalized spacial score (nSPS) is 12.0. The summed E-state index contributed by atoms with van der Waals surface area (Å²) in [5.74, 6) is -4.75. The lowest BCUT2D eigenvalue weighted by Crippen LogP contribution is -2.48. The molecule has 5 rings (SSSR count). The zero-order valence-corrected chi connectivity index (χ0v) is 38.9. The summed E-state index contributed by atoms with van der Waals surface area (Å²) in [6.45, 7) is 4.83. The highest BCUT2D eigenvalue weighted by atomic mass is 16.7. The third kappa shape index (κ3) is 16.2. The van der Waals surface area contributed by atoms with E-state index in [9.17, 15) is 33.6 Å². The predicted molar refractivity (Wildman–Crippen MR) is 252 cm³/mol. The monoisotopic (exact) mass is 946 g/mol. The van der Waals surface area contributed by atoms with E-state index in [2.05, 4.69) is 22.9 Å². The van der Waals surface area contributed by atoms with Crippen molar-refractivity contribution in [1.82, 2.24) is 21.0 Å². The van der Waals surface area contributed by atoms with Crippen molar-refractivity contribution >= 4 is 42.0 Å². The fourth-order valence-corrected chi connectivity index (χ4v) is 7.16. The number of esters is 3. The molecule has 0 aliphatic heterocycles. The first-order valence-electron chi connectivity index (χ1n) is 22.8. The first-order valence-corrected chi connectivity index (χ1v) is 22.8. The van der Waals surface area contributed by atoms with Gasteiger partial charge >= 0.3 is 17.9 Å². The van der Waals surface area contributed by atoms with Gasteiger partial charge in [-0.15, -0.1) is 0 Å². The van der Waals surface area contributed by atoms with Crippen LogP contribution in [0.4, 0.5) is 0 Å². The van der Waals surface area contributed by atoms with Gasteiger partial charge in [-0.25, -0.2) is 14.7 Å². The van der Waals surface area contributed by atoms with Gasteiger partial charge in [-0.05, 0) is 67.3 Å². The molecule has 17 heteroatoms. The fraction of sp³-hybridized carbons (Fsp3) is 0.327. The van der Waals surface area contributed by atoms with E-state index in [4.69, 9.17) is 28.2 Å². The number of benzene rings is 4. The lowest BCUT2D eigenvalue weighted by Gasteiger charge is -2.32. The number of carbonyl (C=O) groups is 7. The van der Waals surface area contributed by atoms with Crippen molar-refractivity contribution in [2.24, 2.45) is 5.92 Å². The van der Waals surface area contributed by atoms with E-state index in [0.29, 0.717) is 30.4 Å². The van der Waals surface area contributed by atoms with Gasteiger partial charge in [0.2, 0.25) is 19.1 Å². The molecule has 3 N–H and O–H groups in total. The van der Waals surface area contributed by atoms with Crippen molar-refractivity contribution < 1.29 is 61.8 Å². The number of hydrogen-bond acceptors (Lipinski definition) is 13. The Morgan fingerprint density at radius 3 is 2.06 bits per heavy atom. The second-order valence-electron chi connectivity index (χ2n) is 15.6. The minimum Gasteiger partial charge on any atom is -0.493 e. The maximum Gasteiger partial charge on any atom is 0.340 e. The van der Waals surface area contributed by atoms with Crippen LogP contribution in [0.15, 0.2) is 126 Å². The van der Waals surface area contributed by atoms with Crippen LogP contribution >= 0.6 is 0 Å². The summed E-state index contributed by atoms with van der Waals surface area (Å²) in [5.41, 5.74) is 2.22.